The number of nitrogens with one attached hydrogen (secondary N) is 1. The van der Waals surface area contributed by atoms with E-state index in [0.717, 1.165) is 24.1 Å². The maximum atomic E-state index is 12.4. The number of carbonyl (C=O) groups is 2. The zero-order chi connectivity index (χ0) is 16.5. The zero-order valence-electron chi connectivity index (χ0n) is 13.5. The van der Waals surface area contributed by atoms with Crippen LogP contribution in [0.3, 0.4) is 0 Å². The molecule has 0 spiro atoms. The summed E-state index contributed by atoms with van der Waals surface area (Å²) in [6.45, 7) is 0.940. The Kier molecular flexibility index (Phi) is 3.92. The van der Waals surface area contributed by atoms with Gasteiger partial charge in [0.2, 0.25) is 11.8 Å². The highest BCUT2D eigenvalue weighted by Crippen LogP contribution is 2.29. The largest absolute Gasteiger partial charge is 0.352 e. The van der Waals surface area contributed by atoms with Crippen LogP contribution in [0.5, 0.6) is 0 Å². The predicted octanol–water partition coefficient (Wildman–Crippen LogP) is 1.14. The molecule has 0 bridgehead atoms. The Morgan fingerprint density at radius 1 is 1.33 bits per heavy atom. The van der Waals surface area contributed by atoms with Crippen molar-refractivity contribution in [2.45, 2.75) is 44.7 Å². The fourth-order valence-corrected chi connectivity index (χ4v) is 3.80. The second kappa shape index (κ2) is 6.22. The van der Waals surface area contributed by atoms with Crippen LogP contribution in [-0.4, -0.2) is 43.9 Å². The van der Waals surface area contributed by atoms with Gasteiger partial charge in [-0.05, 0) is 18.9 Å². The van der Waals surface area contributed by atoms with Crippen LogP contribution in [0.1, 0.15) is 37.7 Å². The maximum Gasteiger partial charge on any atom is 0.225 e. The molecule has 2 aliphatic rings. The van der Waals surface area contributed by atoms with Crippen molar-refractivity contribution in [3.8, 4) is 0 Å². The Bertz CT molecular complexity index is 765. The fourth-order valence-electron chi connectivity index (χ4n) is 3.80. The summed E-state index contributed by atoms with van der Waals surface area (Å²) in [5, 5.41) is 7.15. The molecular formula is C17H21N5O2. The number of carbonyl (C=O) groups excluding carboxylic acids is 2. The molecule has 1 aliphatic heterocycles. The Labute approximate surface area is 140 Å². The van der Waals surface area contributed by atoms with Crippen molar-refractivity contribution in [2.24, 2.45) is 5.92 Å². The van der Waals surface area contributed by atoms with Gasteiger partial charge in [0.25, 0.3) is 0 Å². The van der Waals surface area contributed by atoms with Gasteiger partial charge in [0.1, 0.15) is 0 Å². The highest BCUT2D eigenvalue weighted by molar-refractivity contribution is 5.89. The Morgan fingerprint density at radius 3 is 3.00 bits per heavy atom. The van der Waals surface area contributed by atoms with Crippen LogP contribution in [0.15, 0.2) is 24.7 Å². The van der Waals surface area contributed by atoms with Crippen molar-refractivity contribution in [3.05, 3.63) is 30.2 Å². The van der Waals surface area contributed by atoms with Crippen molar-refractivity contribution in [1.82, 2.24) is 24.8 Å². The molecule has 7 nitrogen and oxygen atoms in total. The van der Waals surface area contributed by atoms with Gasteiger partial charge >= 0.3 is 0 Å². The van der Waals surface area contributed by atoms with Crippen LogP contribution >= 0.6 is 0 Å². The smallest absolute Gasteiger partial charge is 0.225 e. The van der Waals surface area contributed by atoms with E-state index in [-0.39, 0.29) is 17.7 Å². The van der Waals surface area contributed by atoms with Crippen LogP contribution < -0.4 is 5.32 Å². The summed E-state index contributed by atoms with van der Waals surface area (Å²) in [7, 11) is 0. The summed E-state index contributed by atoms with van der Waals surface area (Å²) in [5.41, 5.74) is 1.62. The Hall–Kier alpha value is -2.44. The lowest BCUT2D eigenvalue weighted by atomic mass is 10.1. The number of rotatable bonds is 4. The van der Waals surface area contributed by atoms with E-state index in [1.807, 2.05) is 17.2 Å². The number of fused-ring (bicyclic) bond motifs is 1. The second-order valence-corrected chi connectivity index (χ2v) is 6.66. The third kappa shape index (κ3) is 2.74. The van der Waals surface area contributed by atoms with E-state index in [4.69, 9.17) is 0 Å². The summed E-state index contributed by atoms with van der Waals surface area (Å²) in [5.74, 6) is -0.174. The fraction of sp³-hybridized carbons (Fsp3) is 0.529. The molecule has 0 radical (unpaired) electrons. The summed E-state index contributed by atoms with van der Waals surface area (Å²) in [6, 6.07) is 2.16. The number of hydrogen-bond donors (Lipinski definition) is 1. The van der Waals surface area contributed by atoms with Gasteiger partial charge in [-0.3, -0.25) is 9.59 Å². The van der Waals surface area contributed by atoms with Crippen LogP contribution in [0.4, 0.5) is 0 Å². The van der Waals surface area contributed by atoms with Crippen molar-refractivity contribution in [2.75, 3.05) is 6.54 Å². The first-order chi connectivity index (χ1) is 11.7. The molecule has 1 atom stereocenters. The van der Waals surface area contributed by atoms with Gasteiger partial charge in [-0.2, -0.15) is 5.10 Å². The molecular weight excluding hydrogens is 306 g/mol. The van der Waals surface area contributed by atoms with Gasteiger partial charge in [-0.25, -0.2) is 9.50 Å². The lowest BCUT2D eigenvalue weighted by Crippen LogP contribution is -2.36. The summed E-state index contributed by atoms with van der Waals surface area (Å²) in [6.07, 6.45) is 10.1. The molecule has 2 amide bonds. The second-order valence-electron chi connectivity index (χ2n) is 6.66. The van der Waals surface area contributed by atoms with Crippen molar-refractivity contribution in [1.29, 1.82) is 0 Å². The average molecular weight is 327 g/mol. The lowest BCUT2D eigenvalue weighted by Gasteiger charge is -2.23. The average Bonchev–Trinajstić information content (AvgIpc) is 3.32. The summed E-state index contributed by atoms with van der Waals surface area (Å²) in [4.78, 5) is 30.9. The maximum absolute atomic E-state index is 12.4. The highest BCUT2D eigenvalue weighted by Gasteiger charge is 2.38. The number of likely N-dealkylation sites (tertiary alicyclic amines) is 1. The van der Waals surface area contributed by atoms with E-state index in [1.54, 1.807) is 16.9 Å². The molecule has 24 heavy (non-hydrogen) atoms. The topological polar surface area (TPSA) is 79.6 Å². The van der Waals surface area contributed by atoms with Crippen LogP contribution in [0, 0.1) is 5.92 Å². The van der Waals surface area contributed by atoms with Gasteiger partial charge in [0, 0.05) is 43.5 Å². The number of hydrogen-bond acceptors (Lipinski definition) is 4. The molecule has 1 N–H and O–H groups in total. The molecule has 1 saturated heterocycles. The first-order valence-corrected chi connectivity index (χ1v) is 8.57. The monoisotopic (exact) mass is 327 g/mol. The van der Waals surface area contributed by atoms with E-state index in [9.17, 15) is 9.59 Å². The van der Waals surface area contributed by atoms with Gasteiger partial charge in [-0.15, -0.1) is 0 Å². The Balaban J connectivity index is 1.37. The predicted molar refractivity (Wildman–Crippen MR) is 86.9 cm³/mol. The van der Waals surface area contributed by atoms with E-state index in [0.29, 0.717) is 25.6 Å². The van der Waals surface area contributed by atoms with E-state index < -0.39 is 0 Å². The van der Waals surface area contributed by atoms with Crippen molar-refractivity contribution in [3.63, 3.8) is 0 Å². The van der Waals surface area contributed by atoms with Crippen LogP contribution in [0.2, 0.25) is 0 Å². The molecule has 4 rings (SSSR count). The first-order valence-electron chi connectivity index (χ1n) is 8.57. The minimum absolute atomic E-state index is 0.0564. The number of nitrogens with zero attached hydrogens (tertiary/aromatic N) is 4. The van der Waals surface area contributed by atoms with Gasteiger partial charge in [-0.1, -0.05) is 12.8 Å². The Morgan fingerprint density at radius 2 is 2.17 bits per heavy atom. The van der Waals surface area contributed by atoms with Crippen LogP contribution in [0.25, 0.3) is 5.65 Å². The first kappa shape index (κ1) is 15.1. The normalized spacial score (nSPS) is 21.8. The molecule has 126 valence electrons. The SMILES string of the molecule is O=C(NCc1cnn2cccnc12)C1CC(=O)N(C2CCCC2)C1. The van der Waals surface area contributed by atoms with Crippen molar-refractivity contribution >= 4 is 17.5 Å². The quantitative estimate of drug-likeness (QED) is 0.913. The lowest BCUT2D eigenvalue weighted by molar-refractivity contribution is -0.130. The van der Waals surface area contributed by atoms with E-state index in [1.165, 1.54) is 12.8 Å². The summed E-state index contributed by atoms with van der Waals surface area (Å²) < 4.78 is 1.68. The highest BCUT2D eigenvalue weighted by atomic mass is 16.2. The molecule has 2 fully saturated rings. The van der Waals surface area contributed by atoms with E-state index in [2.05, 4.69) is 15.4 Å². The zero-order valence-corrected chi connectivity index (χ0v) is 13.5. The molecule has 1 aliphatic carbocycles. The minimum atomic E-state index is -0.243. The van der Waals surface area contributed by atoms with Gasteiger partial charge < -0.3 is 10.2 Å². The number of amides is 2. The number of aromatic nitrogens is 3. The third-order valence-corrected chi connectivity index (χ3v) is 5.10. The van der Waals surface area contributed by atoms with Gasteiger partial charge in [0.05, 0.1) is 12.1 Å². The van der Waals surface area contributed by atoms with E-state index >= 15 is 0 Å². The molecule has 7 heteroatoms. The molecule has 1 saturated carbocycles. The molecule has 1 unspecified atom stereocenters. The van der Waals surface area contributed by atoms with Crippen molar-refractivity contribution < 1.29 is 9.59 Å². The third-order valence-electron chi connectivity index (χ3n) is 5.10. The molecule has 0 aromatic carbocycles. The minimum Gasteiger partial charge on any atom is -0.352 e. The standard InChI is InChI=1S/C17H21N5O2/c23-15-8-12(11-21(15)14-4-1-2-5-14)17(24)19-9-13-10-20-22-7-3-6-18-16(13)22/h3,6-7,10,12,14H,1-2,4-5,8-9,11H2,(H,19,24). The summed E-state index contributed by atoms with van der Waals surface area (Å²) >= 11 is 0. The molecule has 2 aromatic heterocycles. The van der Waals surface area contributed by atoms with Gasteiger partial charge in [0.15, 0.2) is 5.65 Å². The molecule has 3 heterocycles. The molecule has 2 aromatic rings. The van der Waals surface area contributed by atoms with Crippen LogP contribution in [-0.2, 0) is 16.1 Å².